The highest BCUT2D eigenvalue weighted by Gasteiger charge is 2.08. The molecule has 5 nitrogen and oxygen atoms in total. The average molecular weight is 195 g/mol. The quantitative estimate of drug-likeness (QED) is 0.718. The van der Waals surface area contributed by atoms with Crippen LogP contribution in [0, 0.1) is 5.82 Å². The van der Waals surface area contributed by atoms with E-state index in [1.807, 2.05) is 0 Å². The summed E-state index contributed by atoms with van der Waals surface area (Å²) in [6, 6.07) is 0.0296. The van der Waals surface area contributed by atoms with E-state index >= 15 is 0 Å². The van der Waals surface area contributed by atoms with Gasteiger partial charge in [-0.05, 0) is 0 Å². The molecule has 2 heterocycles. The zero-order chi connectivity index (χ0) is 10.1. The van der Waals surface area contributed by atoms with Crippen molar-refractivity contribution in [3.8, 4) is 6.01 Å². The number of pyridine rings is 1. The van der Waals surface area contributed by atoms with Gasteiger partial charge in [-0.1, -0.05) is 0 Å². The number of aromatic amines is 1. The highest BCUT2D eigenvalue weighted by atomic mass is 19.1. The molecular weight excluding hydrogens is 189 g/mol. The summed E-state index contributed by atoms with van der Waals surface area (Å²) in [5, 5.41) is 0.419. The molecule has 2 aromatic heterocycles. The Morgan fingerprint density at radius 2 is 2.36 bits per heavy atom. The summed E-state index contributed by atoms with van der Waals surface area (Å²) in [6.45, 7) is 0. The SMILES string of the molecule is COc1ncc2c[nH]c(=O)c(F)c2n1. The van der Waals surface area contributed by atoms with Gasteiger partial charge in [0.05, 0.1) is 7.11 Å². The number of rotatable bonds is 1. The number of nitrogens with zero attached hydrogens (tertiary/aromatic N) is 2. The number of halogens is 1. The Kier molecular flexibility index (Phi) is 1.88. The Morgan fingerprint density at radius 3 is 3.07 bits per heavy atom. The second-order valence-electron chi connectivity index (χ2n) is 2.59. The van der Waals surface area contributed by atoms with Crippen LogP contribution in [-0.4, -0.2) is 22.1 Å². The van der Waals surface area contributed by atoms with E-state index in [4.69, 9.17) is 4.74 Å². The number of ether oxygens (including phenoxy) is 1. The van der Waals surface area contributed by atoms with Crippen LogP contribution >= 0.6 is 0 Å². The van der Waals surface area contributed by atoms with E-state index in [0.29, 0.717) is 5.39 Å². The van der Waals surface area contributed by atoms with Crippen molar-refractivity contribution in [2.75, 3.05) is 7.11 Å². The zero-order valence-corrected chi connectivity index (χ0v) is 7.24. The predicted molar refractivity (Wildman–Crippen MR) is 46.7 cm³/mol. The van der Waals surface area contributed by atoms with Gasteiger partial charge in [0.1, 0.15) is 5.52 Å². The van der Waals surface area contributed by atoms with Crippen molar-refractivity contribution in [1.29, 1.82) is 0 Å². The molecule has 0 aliphatic carbocycles. The molecule has 0 amide bonds. The monoisotopic (exact) mass is 195 g/mol. The topological polar surface area (TPSA) is 67.9 Å². The van der Waals surface area contributed by atoms with Gasteiger partial charge in [-0.3, -0.25) is 4.79 Å². The lowest BCUT2D eigenvalue weighted by atomic mass is 10.3. The lowest BCUT2D eigenvalue weighted by molar-refractivity contribution is 0.381. The lowest BCUT2D eigenvalue weighted by Gasteiger charge is -1.99. The molecular formula is C8H6FN3O2. The molecule has 0 aliphatic heterocycles. The van der Waals surface area contributed by atoms with Crippen LogP contribution in [0.25, 0.3) is 10.9 Å². The first-order valence-corrected chi connectivity index (χ1v) is 3.80. The summed E-state index contributed by atoms with van der Waals surface area (Å²) in [6.07, 6.45) is 2.72. The maximum Gasteiger partial charge on any atom is 0.316 e. The Morgan fingerprint density at radius 1 is 1.57 bits per heavy atom. The smallest absolute Gasteiger partial charge is 0.316 e. The Balaban J connectivity index is 2.84. The minimum Gasteiger partial charge on any atom is -0.467 e. The summed E-state index contributed by atoms with van der Waals surface area (Å²) < 4.78 is 17.9. The molecule has 2 rings (SSSR count). The maximum absolute atomic E-state index is 13.2. The van der Waals surface area contributed by atoms with Gasteiger partial charge in [-0.25, -0.2) is 4.98 Å². The fourth-order valence-electron chi connectivity index (χ4n) is 1.07. The largest absolute Gasteiger partial charge is 0.467 e. The Labute approximate surface area is 77.6 Å². The standard InChI is InChI=1S/C8H6FN3O2/c1-14-8-11-3-4-2-10-7(13)5(9)6(4)12-8/h2-3H,1H3,(H,10,13). The molecule has 72 valence electrons. The van der Waals surface area contributed by atoms with Crippen LogP contribution in [0.2, 0.25) is 0 Å². The van der Waals surface area contributed by atoms with Crippen LogP contribution in [0.1, 0.15) is 0 Å². The van der Waals surface area contributed by atoms with E-state index < -0.39 is 11.4 Å². The van der Waals surface area contributed by atoms with E-state index in [1.165, 1.54) is 19.5 Å². The van der Waals surface area contributed by atoms with E-state index in [1.54, 1.807) is 0 Å². The van der Waals surface area contributed by atoms with Gasteiger partial charge in [0.2, 0.25) is 5.82 Å². The Bertz CT molecular complexity index is 538. The summed E-state index contributed by atoms with van der Waals surface area (Å²) >= 11 is 0. The van der Waals surface area contributed by atoms with Crippen LogP contribution in [0.3, 0.4) is 0 Å². The van der Waals surface area contributed by atoms with Crippen molar-refractivity contribution in [3.63, 3.8) is 0 Å². The number of aromatic nitrogens is 3. The number of H-pyrrole nitrogens is 1. The average Bonchev–Trinajstić information content (AvgIpc) is 2.23. The minimum atomic E-state index is -0.928. The third-order valence-electron chi connectivity index (χ3n) is 1.74. The minimum absolute atomic E-state index is 0.0296. The van der Waals surface area contributed by atoms with Crippen LogP contribution in [0.15, 0.2) is 17.2 Å². The molecule has 2 aromatic rings. The summed E-state index contributed by atoms with van der Waals surface area (Å²) in [5.74, 6) is -0.928. The molecule has 0 saturated carbocycles. The predicted octanol–water partition coefficient (Wildman–Crippen LogP) is 0.466. The molecule has 14 heavy (non-hydrogen) atoms. The maximum atomic E-state index is 13.2. The van der Waals surface area contributed by atoms with Gasteiger partial charge in [0.25, 0.3) is 5.56 Å². The van der Waals surface area contributed by atoms with Gasteiger partial charge in [0.15, 0.2) is 0 Å². The molecule has 0 aliphatic rings. The molecule has 0 unspecified atom stereocenters. The number of methoxy groups -OCH3 is 1. The van der Waals surface area contributed by atoms with Crippen LogP contribution in [0.4, 0.5) is 4.39 Å². The zero-order valence-electron chi connectivity index (χ0n) is 7.24. The summed E-state index contributed by atoms with van der Waals surface area (Å²) in [5.41, 5.74) is -0.848. The molecule has 0 radical (unpaired) electrons. The summed E-state index contributed by atoms with van der Waals surface area (Å²) in [7, 11) is 1.37. The first kappa shape index (κ1) is 8.61. The van der Waals surface area contributed by atoms with Crippen molar-refractivity contribution >= 4 is 10.9 Å². The van der Waals surface area contributed by atoms with Gasteiger partial charge in [-0.2, -0.15) is 9.37 Å². The molecule has 0 spiro atoms. The van der Waals surface area contributed by atoms with E-state index in [9.17, 15) is 9.18 Å². The highest BCUT2D eigenvalue weighted by Crippen LogP contribution is 2.12. The van der Waals surface area contributed by atoms with Crippen molar-refractivity contribution in [2.45, 2.75) is 0 Å². The fraction of sp³-hybridized carbons (Fsp3) is 0.125. The third kappa shape index (κ3) is 1.20. The molecule has 0 atom stereocenters. The van der Waals surface area contributed by atoms with Gasteiger partial charge in [0, 0.05) is 17.8 Å². The molecule has 0 aromatic carbocycles. The van der Waals surface area contributed by atoms with Gasteiger partial charge in [-0.15, -0.1) is 0 Å². The number of hydrogen-bond acceptors (Lipinski definition) is 4. The van der Waals surface area contributed by atoms with Crippen molar-refractivity contribution < 1.29 is 9.13 Å². The second kappa shape index (κ2) is 3.06. The van der Waals surface area contributed by atoms with Crippen LogP contribution in [0.5, 0.6) is 6.01 Å². The van der Waals surface area contributed by atoms with E-state index in [0.717, 1.165) is 0 Å². The fourth-order valence-corrected chi connectivity index (χ4v) is 1.07. The van der Waals surface area contributed by atoms with Crippen molar-refractivity contribution in [1.82, 2.24) is 15.0 Å². The number of fused-ring (bicyclic) bond motifs is 1. The van der Waals surface area contributed by atoms with Crippen LogP contribution < -0.4 is 10.3 Å². The molecule has 1 N–H and O–H groups in total. The van der Waals surface area contributed by atoms with Crippen molar-refractivity contribution in [2.24, 2.45) is 0 Å². The van der Waals surface area contributed by atoms with E-state index in [-0.39, 0.29) is 11.5 Å². The normalized spacial score (nSPS) is 10.4. The number of hydrogen-bond donors (Lipinski definition) is 1. The van der Waals surface area contributed by atoms with Gasteiger partial charge < -0.3 is 9.72 Å². The van der Waals surface area contributed by atoms with E-state index in [2.05, 4.69) is 15.0 Å². The van der Waals surface area contributed by atoms with Crippen LogP contribution in [-0.2, 0) is 0 Å². The van der Waals surface area contributed by atoms with Gasteiger partial charge >= 0.3 is 6.01 Å². The second-order valence-corrected chi connectivity index (χ2v) is 2.59. The third-order valence-corrected chi connectivity index (χ3v) is 1.74. The molecule has 6 heteroatoms. The molecule has 0 bridgehead atoms. The lowest BCUT2D eigenvalue weighted by Crippen LogP contribution is -2.11. The first-order chi connectivity index (χ1) is 6.72. The molecule has 0 fully saturated rings. The number of nitrogens with one attached hydrogen (secondary N) is 1. The molecule has 0 saturated heterocycles. The Hall–Kier alpha value is -1.98. The highest BCUT2D eigenvalue weighted by molar-refractivity contribution is 5.76. The van der Waals surface area contributed by atoms with Crippen molar-refractivity contribution in [3.05, 3.63) is 28.6 Å². The summed E-state index contributed by atoms with van der Waals surface area (Å²) in [4.78, 5) is 20.6. The first-order valence-electron chi connectivity index (χ1n) is 3.80.